The molecule has 136 valence electrons. The molecule has 1 atom stereocenters. The monoisotopic (exact) mass is 360 g/mol. The Morgan fingerprint density at radius 1 is 1.12 bits per heavy atom. The zero-order chi connectivity index (χ0) is 19.1. The van der Waals surface area contributed by atoms with Gasteiger partial charge in [0.25, 0.3) is 11.4 Å². The predicted octanol–water partition coefficient (Wildman–Crippen LogP) is 1.99. The minimum Gasteiger partial charge on any atom is -0.374 e. The maximum atomic E-state index is 11.6. The van der Waals surface area contributed by atoms with Crippen LogP contribution in [0.25, 0.3) is 0 Å². The summed E-state index contributed by atoms with van der Waals surface area (Å²) in [5.74, 6) is -0.772. The second-order valence-corrected chi connectivity index (χ2v) is 5.32. The minimum atomic E-state index is -1.04. The number of nitrogens with one attached hydrogen (secondary N) is 1. The average Bonchev–Trinajstić information content (AvgIpc) is 2.61. The van der Waals surface area contributed by atoms with E-state index in [-0.39, 0.29) is 18.9 Å². The van der Waals surface area contributed by atoms with Gasteiger partial charge in [0.1, 0.15) is 11.7 Å². The summed E-state index contributed by atoms with van der Waals surface area (Å²) >= 11 is 0. The van der Waals surface area contributed by atoms with Crippen LogP contribution in [0.15, 0.2) is 48.5 Å². The van der Waals surface area contributed by atoms with Crippen molar-refractivity contribution in [1.29, 1.82) is 0 Å². The lowest BCUT2D eigenvalue weighted by atomic mass is 10.2. The van der Waals surface area contributed by atoms with Crippen LogP contribution in [0.2, 0.25) is 0 Å². The number of nitrogens with zero attached hydrogens (tertiary/aromatic N) is 2. The molecule has 0 radical (unpaired) electrons. The smallest absolute Gasteiger partial charge is 0.299 e. The molecule has 2 aromatic carbocycles. The van der Waals surface area contributed by atoms with E-state index < -0.39 is 33.2 Å². The summed E-state index contributed by atoms with van der Waals surface area (Å²) in [4.78, 5) is 32.0. The molecule has 1 unspecified atom stereocenters. The number of anilines is 1. The molecule has 0 aliphatic heterocycles. The largest absolute Gasteiger partial charge is 0.374 e. The lowest BCUT2D eigenvalue weighted by Crippen LogP contribution is -2.39. The Morgan fingerprint density at radius 2 is 1.81 bits per heavy atom. The maximum Gasteiger partial charge on any atom is 0.299 e. The number of benzene rings is 2. The number of primary amides is 1. The molecular weight excluding hydrogens is 344 g/mol. The summed E-state index contributed by atoms with van der Waals surface area (Å²) in [5, 5.41) is 24.5. The van der Waals surface area contributed by atoms with Gasteiger partial charge in [-0.05, 0) is 11.6 Å². The predicted molar refractivity (Wildman–Crippen MR) is 92.5 cm³/mol. The summed E-state index contributed by atoms with van der Waals surface area (Å²) in [5.41, 5.74) is 5.17. The SMILES string of the molecule is NC(=O)C(COCc1ccccc1)Nc1ccc([N+](=O)[O-])cc1[N+](=O)[O-]. The molecule has 0 heterocycles. The number of hydrogen-bond acceptors (Lipinski definition) is 7. The lowest BCUT2D eigenvalue weighted by Gasteiger charge is -2.17. The Bertz CT molecular complexity index is 812. The normalized spacial score (nSPS) is 11.5. The number of carbonyl (C=O) groups is 1. The van der Waals surface area contributed by atoms with Crippen molar-refractivity contribution in [3.8, 4) is 0 Å². The van der Waals surface area contributed by atoms with Crippen molar-refractivity contribution in [1.82, 2.24) is 0 Å². The van der Waals surface area contributed by atoms with Gasteiger partial charge in [-0.25, -0.2) is 0 Å². The van der Waals surface area contributed by atoms with E-state index in [4.69, 9.17) is 10.5 Å². The molecule has 0 bridgehead atoms. The van der Waals surface area contributed by atoms with Crippen LogP contribution in [0.4, 0.5) is 17.1 Å². The van der Waals surface area contributed by atoms with Crippen molar-refractivity contribution in [2.75, 3.05) is 11.9 Å². The molecule has 2 rings (SSSR count). The summed E-state index contributed by atoms with van der Waals surface area (Å²) < 4.78 is 5.44. The van der Waals surface area contributed by atoms with Crippen LogP contribution in [-0.2, 0) is 16.1 Å². The summed E-state index contributed by atoms with van der Waals surface area (Å²) in [6.45, 7) is 0.104. The first kappa shape index (κ1) is 18.8. The third kappa shape index (κ3) is 4.98. The van der Waals surface area contributed by atoms with Gasteiger partial charge >= 0.3 is 0 Å². The van der Waals surface area contributed by atoms with Gasteiger partial charge < -0.3 is 15.8 Å². The molecule has 10 heteroatoms. The number of nitro groups is 2. The van der Waals surface area contributed by atoms with Crippen LogP contribution < -0.4 is 11.1 Å². The standard InChI is InChI=1S/C16H16N4O6/c17-16(21)14(10-26-9-11-4-2-1-3-5-11)18-13-7-6-12(19(22)23)8-15(13)20(24)25/h1-8,14,18H,9-10H2,(H2,17,21). The van der Waals surface area contributed by atoms with Crippen molar-refractivity contribution in [3.05, 3.63) is 74.3 Å². The first-order valence-corrected chi connectivity index (χ1v) is 7.49. The van der Waals surface area contributed by atoms with Gasteiger partial charge in [0.05, 0.1) is 29.1 Å². The van der Waals surface area contributed by atoms with Gasteiger partial charge in [-0.15, -0.1) is 0 Å². The summed E-state index contributed by atoms with van der Waals surface area (Å²) in [6.07, 6.45) is 0. The van der Waals surface area contributed by atoms with E-state index in [0.717, 1.165) is 23.8 Å². The second kappa shape index (κ2) is 8.53. The van der Waals surface area contributed by atoms with Gasteiger partial charge in [-0.2, -0.15) is 0 Å². The quantitative estimate of drug-likeness (QED) is 0.512. The molecule has 2 aromatic rings. The van der Waals surface area contributed by atoms with E-state index >= 15 is 0 Å². The number of amides is 1. The van der Waals surface area contributed by atoms with Crippen molar-refractivity contribution >= 4 is 23.0 Å². The first-order valence-electron chi connectivity index (χ1n) is 7.49. The van der Waals surface area contributed by atoms with Crippen LogP contribution in [-0.4, -0.2) is 28.4 Å². The molecule has 26 heavy (non-hydrogen) atoms. The molecule has 0 spiro atoms. The highest BCUT2D eigenvalue weighted by molar-refractivity contribution is 5.84. The van der Waals surface area contributed by atoms with Crippen LogP contribution in [0, 0.1) is 20.2 Å². The van der Waals surface area contributed by atoms with Gasteiger partial charge in [0.2, 0.25) is 5.91 Å². The lowest BCUT2D eigenvalue weighted by molar-refractivity contribution is -0.393. The Kier molecular flexibility index (Phi) is 6.17. The molecule has 1 amide bonds. The fourth-order valence-corrected chi connectivity index (χ4v) is 2.16. The third-order valence-electron chi connectivity index (χ3n) is 3.46. The average molecular weight is 360 g/mol. The number of nitro benzene ring substituents is 2. The third-order valence-corrected chi connectivity index (χ3v) is 3.46. The Balaban J connectivity index is 2.10. The zero-order valence-electron chi connectivity index (χ0n) is 13.5. The number of rotatable bonds is 9. The highest BCUT2D eigenvalue weighted by Crippen LogP contribution is 2.29. The molecule has 0 aromatic heterocycles. The van der Waals surface area contributed by atoms with Gasteiger partial charge in [-0.1, -0.05) is 30.3 Å². The van der Waals surface area contributed by atoms with E-state index in [1.807, 2.05) is 30.3 Å². The molecule has 10 nitrogen and oxygen atoms in total. The second-order valence-electron chi connectivity index (χ2n) is 5.32. The molecule has 3 N–H and O–H groups in total. The highest BCUT2D eigenvalue weighted by atomic mass is 16.6. The van der Waals surface area contributed by atoms with E-state index in [2.05, 4.69) is 5.32 Å². The summed E-state index contributed by atoms with van der Waals surface area (Å²) in [6, 6.07) is 11.2. The van der Waals surface area contributed by atoms with E-state index in [1.165, 1.54) is 0 Å². The van der Waals surface area contributed by atoms with Gasteiger partial charge in [0, 0.05) is 6.07 Å². The number of carbonyl (C=O) groups excluding carboxylic acids is 1. The summed E-state index contributed by atoms with van der Waals surface area (Å²) in [7, 11) is 0. The Morgan fingerprint density at radius 3 is 2.38 bits per heavy atom. The van der Waals surface area contributed by atoms with Gasteiger partial charge in [-0.3, -0.25) is 25.0 Å². The molecule has 0 saturated carbocycles. The molecule has 0 aliphatic rings. The highest BCUT2D eigenvalue weighted by Gasteiger charge is 2.23. The maximum absolute atomic E-state index is 11.6. The van der Waals surface area contributed by atoms with E-state index in [1.54, 1.807) is 0 Å². The Hall–Kier alpha value is -3.53. The van der Waals surface area contributed by atoms with Crippen LogP contribution in [0.3, 0.4) is 0 Å². The molecule has 0 aliphatic carbocycles. The van der Waals surface area contributed by atoms with Crippen LogP contribution >= 0.6 is 0 Å². The first-order chi connectivity index (χ1) is 12.4. The number of nitrogens with two attached hydrogens (primary N) is 1. The molecule has 0 fully saturated rings. The number of ether oxygens (including phenoxy) is 1. The molecular formula is C16H16N4O6. The van der Waals surface area contributed by atoms with Crippen molar-refractivity contribution in [2.24, 2.45) is 5.73 Å². The molecule has 0 saturated heterocycles. The Labute approximate surface area is 147 Å². The fraction of sp³-hybridized carbons (Fsp3) is 0.188. The fourth-order valence-electron chi connectivity index (χ4n) is 2.16. The van der Waals surface area contributed by atoms with E-state index in [9.17, 15) is 25.0 Å². The van der Waals surface area contributed by atoms with Crippen molar-refractivity contribution < 1.29 is 19.4 Å². The number of non-ortho nitro benzene ring substituents is 1. The minimum absolute atomic E-state index is 0.0623. The van der Waals surface area contributed by atoms with Crippen molar-refractivity contribution in [3.63, 3.8) is 0 Å². The number of hydrogen-bond donors (Lipinski definition) is 2. The van der Waals surface area contributed by atoms with Crippen molar-refractivity contribution in [2.45, 2.75) is 12.6 Å². The zero-order valence-corrected chi connectivity index (χ0v) is 13.5. The van der Waals surface area contributed by atoms with Gasteiger partial charge in [0.15, 0.2) is 0 Å². The topological polar surface area (TPSA) is 151 Å². The van der Waals surface area contributed by atoms with E-state index in [0.29, 0.717) is 0 Å². The van der Waals surface area contributed by atoms with Crippen LogP contribution in [0.5, 0.6) is 0 Å². The van der Waals surface area contributed by atoms with Crippen LogP contribution in [0.1, 0.15) is 5.56 Å².